The molecule has 1 fully saturated rings. The second-order valence-corrected chi connectivity index (χ2v) is 6.50. The SMILES string of the molecule is CN1C(C)(C)CC(=O)/C(=C\c2ccccc2)C1(C)C. The largest absolute Gasteiger partial charge is 0.294 e. The molecule has 0 aromatic heterocycles. The van der Waals surface area contributed by atoms with E-state index in [1.165, 1.54) is 0 Å². The monoisotopic (exact) mass is 257 g/mol. The van der Waals surface area contributed by atoms with Crippen molar-refractivity contribution in [3.8, 4) is 0 Å². The van der Waals surface area contributed by atoms with Gasteiger partial charge in [0, 0.05) is 23.1 Å². The van der Waals surface area contributed by atoms with Gasteiger partial charge in [0.05, 0.1) is 0 Å². The summed E-state index contributed by atoms with van der Waals surface area (Å²) in [6.45, 7) is 8.51. The van der Waals surface area contributed by atoms with Gasteiger partial charge < -0.3 is 0 Å². The van der Waals surface area contributed by atoms with E-state index in [2.05, 4.69) is 39.6 Å². The van der Waals surface area contributed by atoms with Crippen LogP contribution in [0.15, 0.2) is 35.9 Å². The minimum atomic E-state index is -0.241. The summed E-state index contributed by atoms with van der Waals surface area (Å²) in [5, 5.41) is 0. The maximum atomic E-state index is 12.5. The Kier molecular flexibility index (Phi) is 3.40. The molecule has 1 saturated heterocycles. The van der Waals surface area contributed by atoms with Gasteiger partial charge in [0.25, 0.3) is 0 Å². The van der Waals surface area contributed by atoms with E-state index in [0.29, 0.717) is 6.42 Å². The topological polar surface area (TPSA) is 20.3 Å². The highest BCUT2D eigenvalue weighted by Crippen LogP contribution is 2.39. The van der Waals surface area contributed by atoms with Crippen LogP contribution in [-0.4, -0.2) is 28.8 Å². The van der Waals surface area contributed by atoms with Crippen LogP contribution < -0.4 is 0 Å². The molecule has 0 unspecified atom stereocenters. The van der Waals surface area contributed by atoms with Crippen molar-refractivity contribution in [1.82, 2.24) is 4.90 Å². The molecule has 0 radical (unpaired) electrons. The lowest BCUT2D eigenvalue weighted by Crippen LogP contribution is -2.60. The smallest absolute Gasteiger partial charge is 0.162 e. The van der Waals surface area contributed by atoms with Gasteiger partial charge in [-0.3, -0.25) is 9.69 Å². The van der Waals surface area contributed by atoms with Crippen molar-refractivity contribution in [1.29, 1.82) is 0 Å². The van der Waals surface area contributed by atoms with Crippen molar-refractivity contribution >= 4 is 11.9 Å². The van der Waals surface area contributed by atoms with Crippen LogP contribution in [0.25, 0.3) is 6.08 Å². The maximum absolute atomic E-state index is 12.5. The highest BCUT2D eigenvalue weighted by molar-refractivity contribution is 6.03. The van der Waals surface area contributed by atoms with Crippen molar-refractivity contribution in [3.63, 3.8) is 0 Å². The fourth-order valence-corrected chi connectivity index (χ4v) is 2.86. The van der Waals surface area contributed by atoms with Gasteiger partial charge in [-0.05, 0) is 46.4 Å². The third-order valence-corrected chi connectivity index (χ3v) is 4.41. The molecule has 1 aromatic carbocycles. The van der Waals surface area contributed by atoms with Gasteiger partial charge in [0.1, 0.15) is 0 Å². The van der Waals surface area contributed by atoms with E-state index in [1.54, 1.807) is 0 Å². The summed E-state index contributed by atoms with van der Waals surface area (Å²) in [4.78, 5) is 14.8. The van der Waals surface area contributed by atoms with Gasteiger partial charge in [0.15, 0.2) is 5.78 Å². The van der Waals surface area contributed by atoms with Crippen LogP contribution in [0.2, 0.25) is 0 Å². The van der Waals surface area contributed by atoms with E-state index in [-0.39, 0.29) is 16.9 Å². The first kappa shape index (κ1) is 14.0. The van der Waals surface area contributed by atoms with Gasteiger partial charge in [0.2, 0.25) is 0 Å². The van der Waals surface area contributed by atoms with E-state index >= 15 is 0 Å². The summed E-state index contributed by atoms with van der Waals surface area (Å²) in [6.07, 6.45) is 2.61. The molecule has 0 spiro atoms. The molecule has 0 atom stereocenters. The van der Waals surface area contributed by atoms with Crippen LogP contribution in [0.3, 0.4) is 0 Å². The Morgan fingerprint density at radius 3 is 2.26 bits per heavy atom. The number of likely N-dealkylation sites (N-methyl/N-ethyl adjacent to an activating group) is 1. The Morgan fingerprint density at radius 1 is 1.11 bits per heavy atom. The lowest BCUT2D eigenvalue weighted by atomic mass is 9.75. The zero-order valence-electron chi connectivity index (χ0n) is 12.5. The fraction of sp³-hybridized carbons (Fsp3) is 0.471. The third-order valence-electron chi connectivity index (χ3n) is 4.41. The first-order valence-corrected chi connectivity index (χ1v) is 6.79. The Hall–Kier alpha value is -1.41. The number of ketones is 1. The molecule has 19 heavy (non-hydrogen) atoms. The number of nitrogens with zero attached hydrogens (tertiary/aromatic N) is 1. The van der Waals surface area contributed by atoms with E-state index in [9.17, 15) is 4.79 Å². The average Bonchev–Trinajstić information content (AvgIpc) is 2.34. The van der Waals surface area contributed by atoms with Gasteiger partial charge in [-0.15, -0.1) is 0 Å². The number of carbonyl (C=O) groups excluding carboxylic acids is 1. The van der Waals surface area contributed by atoms with Crippen LogP contribution >= 0.6 is 0 Å². The molecule has 0 saturated carbocycles. The van der Waals surface area contributed by atoms with Gasteiger partial charge >= 0.3 is 0 Å². The summed E-state index contributed by atoms with van der Waals surface area (Å²) in [5.41, 5.74) is 1.66. The number of piperidine rings is 1. The predicted molar refractivity (Wildman–Crippen MR) is 80.0 cm³/mol. The lowest BCUT2D eigenvalue weighted by Gasteiger charge is -2.51. The van der Waals surface area contributed by atoms with Crippen LogP contribution in [-0.2, 0) is 4.79 Å². The van der Waals surface area contributed by atoms with Crippen molar-refractivity contribution in [2.45, 2.75) is 45.2 Å². The van der Waals surface area contributed by atoms with Gasteiger partial charge in [-0.2, -0.15) is 0 Å². The molecule has 1 heterocycles. The molecule has 2 rings (SSSR count). The van der Waals surface area contributed by atoms with Gasteiger partial charge in [-0.25, -0.2) is 0 Å². The number of benzene rings is 1. The summed E-state index contributed by atoms with van der Waals surface area (Å²) < 4.78 is 0. The Bertz CT molecular complexity index is 511. The van der Waals surface area contributed by atoms with Crippen LogP contribution in [0.4, 0.5) is 0 Å². The Labute approximate surface area is 116 Å². The zero-order chi connectivity index (χ0) is 14.3. The number of likely N-dealkylation sites (tertiary alicyclic amines) is 1. The van der Waals surface area contributed by atoms with E-state index in [1.807, 2.05) is 36.4 Å². The maximum Gasteiger partial charge on any atom is 0.162 e. The van der Waals surface area contributed by atoms with E-state index in [0.717, 1.165) is 11.1 Å². The second-order valence-electron chi connectivity index (χ2n) is 6.50. The number of rotatable bonds is 1. The molecule has 0 amide bonds. The molecule has 0 N–H and O–H groups in total. The molecule has 2 heteroatoms. The highest BCUT2D eigenvalue weighted by atomic mass is 16.1. The van der Waals surface area contributed by atoms with E-state index in [4.69, 9.17) is 0 Å². The predicted octanol–water partition coefficient (Wildman–Crippen LogP) is 3.53. The quantitative estimate of drug-likeness (QED) is 0.717. The minimum absolute atomic E-state index is 0.0887. The molecule has 2 nitrogen and oxygen atoms in total. The zero-order valence-corrected chi connectivity index (χ0v) is 12.5. The summed E-state index contributed by atoms with van der Waals surface area (Å²) in [6, 6.07) is 10.1. The number of hydrogen-bond donors (Lipinski definition) is 0. The summed E-state index contributed by atoms with van der Waals surface area (Å²) >= 11 is 0. The Morgan fingerprint density at radius 2 is 1.68 bits per heavy atom. The van der Waals surface area contributed by atoms with Gasteiger partial charge in [-0.1, -0.05) is 30.3 Å². The van der Waals surface area contributed by atoms with Crippen LogP contribution in [0, 0.1) is 0 Å². The summed E-state index contributed by atoms with van der Waals surface area (Å²) in [5.74, 6) is 0.261. The van der Waals surface area contributed by atoms with Crippen molar-refractivity contribution < 1.29 is 4.79 Å². The second kappa shape index (κ2) is 4.61. The molecule has 102 valence electrons. The van der Waals surface area contributed by atoms with Crippen LogP contribution in [0.1, 0.15) is 39.7 Å². The molecule has 1 aromatic rings. The first-order valence-electron chi connectivity index (χ1n) is 6.79. The van der Waals surface area contributed by atoms with Crippen LogP contribution in [0.5, 0.6) is 0 Å². The molecule has 0 aliphatic carbocycles. The van der Waals surface area contributed by atoms with Crippen molar-refractivity contribution in [2.75, 3.05) is 7.05 Å². The molecule has 0 bridgehead atoms. The molecular formula is C17H23NO. The average molecular weight is 257 g/mol. The minimum Gasteiger partial charge on any atom is -0.294 e. The van der Waals surface area contributed by atoms with E-state index < -0.39 is 0 Å². The Balaban J connectivity index is 2.46. The third kappa shape index (κ3) is 2.50. The number of Topliss-reactive ketones (excluding diaryl/α,β-unsaturated/α-hetero) is 1. The number of carbonyl (C=O) groups is 1. The lowest BCUT2D eigenvalue weighted by molar-refractivity contribution is -0.123. The molecular weight excluding hydrogens is 234 g/mol. The fourth-order valence-electron chi connectivity index (χ4n) is 2.86. The normalized spacial score (nSPS) is 24.7. The highest BCUT2D eigenvalue weighted by Gasteiger charge is 2.45. The first-order chi connectivity index (χ1) is 8.75. The number of hydrogen-bond acceptors (Lipinski definition) is 2. The standard InChI is InChI=1S/C17H23NO/c1-16(2)12-15(19)14(17(3,4)18(16)5)11-13-9-7-6-8-10-13/h6-11H,12H2,1-5H3/b14-11+. The molecule has 1 aliphatic rings. The van der Waals surface area contributed by atoms with Crippen molar-refractivity contribution in [2.24, 2.45) is 0 Å². The summed E-state index contributed by atoms with van der Waals surface area (Å²) in [7, 11) is 2.10. The molecule has 1 aliphatic heterocycles. The van der Waals surface area contributed by atoms with Crippen molar-refractivity contribution in [3.05, 3.63) is 41.5 Å².